The molecule has 3 rings (SSSR count). The third-order valence-corrected chi connectivity index (χ3v) is 6.74. The number of ether oxygens (including phenoxy) is 2. The minimum Gasteiger partial charge on any atom is -0.488 e. The Kier molecular flexibility index (Phi) is 5.39. The molecule has 1 saturated carbocycles. The summed E-state index contributed by atoms with van der Waals surface area (Å²) in [5.41, 5.74) is -0.831. The Morgan fingerprint density at radius 3 is 2.85 bits per heavy atom. The molecule has 1 aromatic rings. The number of rotatable bonds is 7. The number of benzene rings is 1. The van der Waals surface area contributed by atoms with Crippen molar-refractivity contribution in [2.24, 2.45) is 0 Å². The van der Waals surface area contributed by atoms with Crippen molar-refractivity contribution in [3.8, 4) is 11.8 Å². The lowest BCUT2D eigenvalue weighted by molar-refractivity contribution is 0.0876. The number of nitrogens with zero attached hydrogens (tertiary/aromatic N) is 1. The SMILES string of the molecule is C=CCOc1ccccc1S(=O)(=O)[C@H]1CN[C@@H](OC(=O)NC2(C#N)CC2)C1. The van der Waals surface area contributed by atoms with Crippen LogP contribution in [0.15, 0.2) is 41.8 Å². The summed E-state index contributed by atoms with van der Waals surface area (Å²) in [6.45, 7) is 3.91. The lowest BCUT2D eigenvalue weighted by atomic mass is 10.3. The molecule has 1 heterocycles. The highest BCUT2D eigenvalue weighted by molar-refractivity contribution is 7.92. The van der Waals surface area contributed by atoms with Gasteiger partial charge in [0.2, 0.25) is 0 Å². The first-order valence-electron chi connectivity index (χ1n) is 8.60. The zero-order valence-corrected chi connectivity index (χ0v) is 15.5. The van der Waals surface area contributed by atoms with Crippen LogP contribution in [0, 0.1) is 11.3 Å². The maximum absolute atomic E-state index is 13.0. The fourth-order valence-electron chi connectivity index (χ4n) is 2.87. The number of alkyl carbamates (subject to hydrolysis) is 1. The number of hydrogen-bond donors (Lipinski definition) is 2. The number of sulfone groups is 1. The minimum absolute atomic E-state index is 0.102. The van der Waals surface area contributed by atoms with Gasteiger partial charge in [-0.2, -0.15) is 5.26 Å². The van der Waals surface area contributed by atoms with Crippen LogP contribution in [0.1, 0.15) is 19.3 Å². The topological polar surface area (TPSA) is 118 Å². The van der Waals surface area contributed by atoms with E-state index in [1.54, 1.807) is 18.2 Å². The van der Waals surface area contributed by atoms with Crippen LogP contribution in [0.5, 0.6) is 5.75 Å². The van der Waals surface area contributed by atoms with Crippen LogP contribution in [-0.2, 0) is 14.6 Å². The summed E-state index contributed by atoms with van der Waals surface area (Å²) >= 11 is 0. The van der Waals surface area contributed by atoms with E-state index < -0.39 is 32.9 Å². The fourth-order valence-corrected chi connectivity index (χ4v) is 4.65. The van der Waals surface area contributed by atoms with E-state index in [0.29, 0.717) is 12.8 Å². The molecule has 9 heteroatoms. The number of para-hydroxylation sites is 1. The summed E-state index contributed by atoms with van der Waals surface area (Å²) in [7, 11) is -3.68. The van der Waals surface area contributed by atoms with Crippen LogP contribution in [0.3, 0.4) is 0 Å². The average Bonchev–Trinajstić information content (AvgIpc) is 3.26. The molecule has 2 N–H and O–H groups in total. The molecular weight excluding hydrogens is 370 g/mol. The molecule has 1 amide bonds. The largest absolute Gasteiger partial charge is 0.488 e. The highest BCUT2D eigenvalue weighted by atomic mass is 32.2. The quantitative estimate of drug-likeness (QED) is 0.676. The van der Waals surface area contributed by atoms with Crippen molar-refractivity contribution in [2.45, 2.75) is 41.2 Å². The van der Waals surface area contributed by atoms with Gasteiger partial charge in [0.05, 0.1) is 11.3 Å². The second-order valence-corrected chi connectivity index (χ2v) is 8.77. The van der Waals surface area contributed by atoms with Gasteiger partial charge in [-0.05, 0) is 25.0 Å². The van der Waals surface area contributed by atoms with Gasteiger partial charge in [0.25, 0.3) is 0 Å². The molecule has 0 spiro atoms. The Morgan fingerprint density at radius 2 is 2.19 bits per heavy atom. The van der Waals surface area contributed by atoms with Crippen LogP contribution in [0.4, 0.5) is 4.79 Å². The van der Waals surface area contributed by atoms with E-state index in [0.717, 1.165) is 0 Å². The maximum atomic E-state index is 13.0. The van der Waals surface area contributed by atoms with Crippen molar-refractivity contribution in [2.75, 3.05) is 13.2 Å². The van der Waals surface area contributed by atoms with Gasteiger partial charge < -0.3 is 14.8 Å². The van der Waals surface area contributed by atoms with Crippen molar-refractivity contribution < 1.29 is 22.7 Å². The van der Waals surface area contributed by atoms with Crippen molar-refractivity contribution in [3.05, 3.63) is 36.9 Å². The molecule has 2 atom stereocenters. The van der Waals surface area contributed by atoms with E-state index in [1.165, 1.54) is 12.1 Å². The zero-order valence-electron chi connectivity index (χ0n) is 14.7. The zero-order chi connectivity index (χ0) is 19.5. The summed E-state index contributed by atoms with van der Waals surface area (Å²) in [5.74, 6) is 0.268. The standard InChI is InChI=1S/C18H21N3O5S/c1-2-9-25-14-5-3-4-6-15(14)27(23,24)13-10-16(20-11-13)26-17(22)21-18(12-19)7-8-18/h2-6,13,16,20H,1,7-11H2,(H,21,22)/t13-,16+/m1/s1. The summed E-state index contributed by atoms with van der Waals surface area (Å²) in [6, 6.07) is 8.46. The summed E-state index contributed by atoms with van der Waals surface area (Å²) in [4.78, 5) is 12.0. The predicted molar refractivity (Wildman–Crippen MR) is 96.7 cm³/mol. The van der Waals surface area contributed by atoms with Crippen LogP contribution >= 0.6 is 0 Å². The van der Waals surface area contributed by atoms with E-state index in [4.69, 9.17) is 14.7 Å². The molecule has 0 radical (unpaired) electrons. The monoisotopic (exact) mass is 391 g/mol. The maximum Gasteiger partial charge on any atom is 0.409 e. The number of nitriles is 1. The molecule has 1 aromatic carbocycles. The van der Waals surface area contributed by atoms with Crippen molar-refractivity contribution in [1.29, 1.82) is 5.26 Å². The summed E-state index contributed by atoms with van der Waals surface area (Å²) in [5, 5.41) is 13.7. The predicted octanol–water partition coefficient (Wildman–Crippen LogP) is 1.50. The second kappa shape index (κ2) is 7.58. The number of hydrogen-bond acceptors (Lipinski definition) is 7. The molecule has 1 saturated heterocycles. The summed E-state index contributed by atoms with van der Waals surface area (Å²) in [6.07, 6.45) is 1.38. The Bertz CT molecular complexity index is 873. The highest BCUT2D eigenvalue weighted by Crippen LogP contribution is 2.34. The normalized spacial score (nSPS) is 23.1. The molecule has 0 unspecified atom stereocenters. The van der Waals surface area contributed by atoms with Gasteiger partial charge >= 0.3 is 6.09 Å². The third-order valence-electron chi connectivity index (χ3n) is 4.56. The molecule has 27 heavy (non-hydrogen) atoms. The molecule has 1 aliphatic carbocycles. The summed E-state index contributed by atoms with van der Waals surface area (Å²) < 4.78 is 36.7. The number of carbonyl (C=O) groups excluding carboxylic acids is 1. The van der Waals surface area contributed by atoms with Gasteiger partial charge in [-0.3, -0.25) is 5.32 Å². The number of amides is 1. The fraction of sp³-hybridized carbons (Fsp3) is 0.444. The first-order valence-corrected chi connectivity index (χ1v) is 10.1. The van der Waals surface area contributed by atoms with Gasteiger partial charge in [-0.15, -0.1) is 0 Å². The molecule has 144 valence electrons. The van der Waals surface area contributed by atoms with Crippen LogP contribution in [-0.4, -0.2) is 44.7 Å². The van der Waals surface area contributed by atoms with E-state index in [-0.39, 0.29) is 30.2 Å². The van der Waals surface area contributed by atoms with Gasteiger partial charge in [0.15, 0.2) is 16.1 Å². The average molecular weight is 391 g/mol. The molecule has 1 aliphatic heterocycles. The molecule has 8 nitrogen and oxygen atoms in total. The Morgan fingerprint density at radius 1 is 1.44 bits per heavy atom. The first kappa shape index (κ1) is 19.2. The molecular formula is C18H21N3O5S. The van der Waals surface area contributed by atoms with Gasteiger partial charge in [0.1, 0.15) is 22.8 Å². The van der Waals surface area contributed by atoms with Crippen molar-refractivity contribution >= 4 is 15.9 Å². The lowest BCUT2D eigenvalue weighted by Crippen LogP contribution is -2.40. The third kappa shape index (κ3) is 4.23. The minimum atomic E-state index is -3.68. The second-order valence-electron chi connectivity index (χ2n) is 6.57. The Hall–Kier alpha value is -2.57. The van der Waals surface area contributed by atoms with E-state index in [1.807, 2.05) is 6.07 Å². The van der Waals surface area contributed by atoms with Crippen LogP contribution in [0.2, 0.25) is 0 Å². The number of nitrogens with one attached hydrogen (secondary N) is 2. The van der Waals surface area contributed by atoms with E-state index in [2.05, 4.69) is 17.2 Å². The van der Waals surface area contributed by atoms with Crippen LogP contribution < -0.4 is 15.4 Å². The molecule has 2 aliphatic rings. The van der Waals surface area contributed by atoms with Crippen molar-refractivity contribution in [1.82, 2.24) is 10.6 Å². The number of carbonyl (C=O) groups is 1. The van der Waals surface area contributed by atoms with Gasteiger partial charge in [-0.1, -0.05) is 24.8 Å². The van der Waals surface area contributed by atoms with Crippen molar-refractivity contribution in [3.63, 3.8) is 0 Å². The highest BCUT2D eigenvalue weighted by Gasteiger charge is 2.46. The lowest BCUT2D eigenvalue weighted by Gasteiger charge is -2.16. The van der Waals surface area contributed by atoms with Crippen LogP contribution in [0.25, 0.3) is 0 Å². The molecule has 2 fully saturated rings. The first-order chi connectivity index (χ1) is 12.9. The Labute approximate surface area is 158 Å². The smallest absolute Gasteiger partial charge is 0.409 e. The van der Waals surface area contributed by atoms with Gasteiger partial charge in [-0.25, -0.2) is 13.2 Å². The Balaban J connectivity index is 1.65. The van der Waals surface area contributed by atoms with E-state index in [9.17, 15) is 13.2 Å². The molecule has 0 aromatic heterocycles. The van der Waals surface area contributed by atoms with E-state index >= 15 is 0 Å². The van der Waals surface area contributed by atoms with Gasteiger partial charge in [0, 0.05) is 13.0 Å². The molecule has 0 bridgehead atoms.